The lowest BCUT2D eigenvalue weighted by Gasteiger charge is -2.19. The Morgan fingerprint density at radius 3 is 1.28 bits per heavy atom. The average molecular weight is 1070 g/mol. The van der Waals surface area contributed by atoms with E-state index in [9.17, 15) is 39.0 Å². The summed E-state index contributed by atoms with van der Waals surface area (Å²) >= 11 is 0. The van der Waals surface area contributed by atoms with E-state index >= 15 is 0 Å². The van der Waals surface area contributed by atoms with Crippen molar-refractivity contribution < 1.29 is 39.0 Å². The van der Waals surface area contributed by atoms with Crippen LogP contribution in [0.1, 0.15) is 96.3 Å². The van der Waals surface area contributed by atoms with Crippen LogP contribution >= 0.6 is 0 Å². The Morgan fingerprint density at radius 2 is 0.910 bits per heavy atom. The number of carbonyl (C=O) groups excluding carboxylic acids is 4. The lowest BCUT2D eigenvalue weighted by molar-refractivity contribution is -0.140. The van der Waals surface area contributed by atoms with E-state index in [0.29, 0.717) is 48.6 Å². The van der Waals surface area contributed by atoms with E-state index in [2.05, 4.69) is 66.0 Å². The van der Waals surface area contributed by atoms with Gasteiger partial charge in [-0.3, -0.25) is 19.2 Å². The second kappa shape index (κ2) is 28.1. The number of rotatable bonds is 30. The van der Waals surface area contributed by atoms with Crippen LogP contribution in [-0.4, -0.2) is 150 Å². The molecular weight excluding hydrogens is 1010 g/mol. The number of carboxylic acid groups (broad SMARTS) is 2. The summed E-state index contributed by atoms with van der Waals surface area (Å²) < 4.78 is 0. The molecule has 2 atom stereocenters. The molecule has 4 amide bonds. The van der Waals surface area contributed by atoms with Crippen LogP contribution in [0.3, 0.4) is 0 Å². The normalized spacial score (nSPS) is 11.9. The summed E-state index contributed by atoms with van der Waals surface area (Å²) in [6, 6.07) is 10.7. The maximum absolute atomic E-state index is 13.0. The third-order valence-electron chi connectivity index (χ3n) is 12.5. The number of aromatic nitrogens is 8. The number of carboxylic acids is 2. The molecule has 414 valence electrons. The molecule has 6 rings (SSSR count). The van der Waals surface area contributed by atoms with Crippen LogP contribution in [0.2, 0.25) is 0 Å². The fourth-order valence-electron chi connectivity index (χ4n) is 8.18. The molecule has 2 aromatic carbocycles. The van der Waals surface area contributed by atoms with E-state index in [4.69, 9.17) is 22.9 Å². The quantitative estimate of drug-likeness (QED) is 0.0288. The minimum Gasteiger partial charge on any atom is -0.480 e. The SMILES string of the molecule is CN(CCCCCNC(=O)CC[C@H](NC(=O)c1ccc(N(C)Cc2cnc3nc(N)nc(N)c3n2)cc1)C(=O)O)CCCCCNC(=O)CC[C@H](NC(=O)c1ccc(N(C)Cc2cnc3nc(N)nc(N)c3n2)cc1)C(=O)O. The highest BCUT2D eigenvalue weighted by Gasteiger charge is 2.24. The van der Waals surface area contributed by atoms with Gasteiger partial charge in [0, 0.05) is 62.5 Å². The van der Waals surface area contributed by atoms with Crippen molar-refractivity contribution in [2.45, 2.75) is 89.4 Å². The van der Waals surface area contributed by atoms with Crippen LogP contribution in [0.5, 0.6) is 0 Å². The van der Waals surface area contributed by atoms with E-state index in [1.807, 2.05) is 30.9 Å². The lowest BCUT2D eigenvalue weighted by atomic mass is 10.1. The molecule has 0 saturated carbocycles. The van der Waals surface area contributed by atoms with E-state index in [-0.39, 0.29) is 83.5 Å². The van der Waals surface area contributed by atoms with Crippen molar-refractivity contribution in [2.75, 3.05) is 80.1 Å². The number of nitrogens with two attached hydrogens (primary N) is 4. The summed E-state index contributed by atoms with van der Waals surface area (Å²) in [6.07, 6.45) is 7.92. The summed E-state index contributed by atoms with van der Waals surface area (Å²) in [5.41, 5.74) is 27.6. The number of anilines is 6. The number of aliphatic carboxylic acids is 2. The summed E-state index contributed by atoms with van der Waals surface area (Å²) in [7, 11) is 5.69. The highest BCUT2D eigenvalue weighted by Crippen LogP contribution is 2.21. The van der Waals surface area contributed by atoms with E-state index in [0.717, 1.165) is 63.0 Å². The van der Waals surface area contributed by atoms with Gasteiger partial charge in [-0.15, -0.1) is 0 Å². The summed E-state index contributed by atoms with van der Waals surface area (Å²) in [5.74, 6) is -4.00. The number of unbranched alkanes of at least 4 members (excludes halogenated alkanes) is 4. The first-order valence-electron chi connectivity index (χ1n) is 25.3. The molecule has 0 radical (unpaired) electrons. The van der Waals surface area contributed by atoms with Gasteiger partial charge in [0.05, 0.1) is 36.9 Å². The number of benzene rings is 2. The summed E-state index contributed by atoms with van der Waals surface area (Å²) in [6.45, 7) is 3.32. The van der Waals surface area contributed by atoms with Gasteiger partial charge in [0.1, 0.15) is 12.1 Å². The number of fused-ring (bicyclic) bond motifs is 2. The molecule has 4 heterocycles. The van der Waals surface area contributed by atoms with E-state index in [1.54, 1.807) is 60.9 Å². The second-order valence-electron chi connectivity index (χ2n) is 18.7. The highest BCUT2D eigenvalue weighted by molar-refractivity contribution is 5.98. The zero-order valence-corrected chi connectivity index (χ0v) is 43.8. The van der Waals surface area contributed by atoms with Crippen molar-refractivity contribution in [1.29, 1.82) is 0 Å². The molecule has 14 N–H and O–H groups in total. The van der Waals surface area contributed by atoms with E-state index < -0.39 is 35.8 Å². The fourth-order valence-corrected chi connectivity index (χ4v) is 8.18. The Morgan fingerprint density at radius 1 is 0.526 bits per heavy atom. The predicted molar refractivity (Wildman–Crippen MR) is 292 cm³/mol. The number of nitrogens with zero attached hydrogens (tertiary/aromatic N) is 11. The number of hydrogen-bond donors (Lipinski definition) is 10. The molecule has 27 nitrogen and oxygen atoms in total. The number of amides is 4. The Kier molecular flexibility index (Phi) is 21.0. The molecule has 0 aliphatic heterocycles. The molecule has 0 unspecified atom stereocenters. The first kappa shape index (κ1) is 58.1. The van der Waals surface area contributed by atoms with Gasteiger partial charge in [-0.2, -0.15) is 19.9 Å². The number of carbonyl (C=O) groups is 6. The second-order valence-corrected chi connectivity index (χ2v) is 18.7. The molecule has 0 fully saturated rings. The van der Waals surface area contributed by atoms with E-state index in [1.165, 1.54) is 0 Å². The molecule has 0 spiro atoms. The Hall–Kier alpha value is -9.14. The van der Waals surface area contributed by atoms with Crippen molar-refractivity contribution in [1.82, 2.24) is 66.0 Å². The Bertz CT molecular complexity index is 2860. The van der Waals surface area contributed by atoms with Crippen molar-refractivity contribution in [3.8, 4) is 0 Å². The Balaban J connectivity index is 0.772. The monoisotopic (exact) mass is 1070 g/mol. The van der Waals surface area contributed by atoms with Crippen molar-refractivity contribution in [3.63, 3.8) is 0 Å². The van der Waals surface area contributed by atoms with Crippen molar-refractivity contribution in [2.24, 2.45) is 0 Å². The minimum atomic E-state index is -1.26. The molecule has 0 bridgehead atoms. The van der Waals surface area contributed by atoms with Crippen LogP contribution in [-0.2, 0) is 32.3 Å². The molecule has 27 heteroatoms. The van der Waals surface area contributed by atoms with Gasteiger partial charge >= 0.3 is 11.9 Å². The topological polar surface area (TPSA) is 408 Å². The van der Waals surface area contributed by atoms with Crippen LogP contribution in [0.15, 0.2) is 60.9 Å². The van der Waals surface area contributed by atoms with Gasteiger partial charge < -0.3 is 69.1 Å². The molecule has 0 saturated heterocycles. The van der Waals surface area contributed by atoms with Crippen LogP contribution < -0.4 is 54.0 Å². The van der Waals surface area contributed by atoms with Gasteiger partial charge in [0.2, 0.25) is 23.7 Å². The highest BCUT2D eigenvalue weighted by atomic mass is 16.4. The standard InChI is InChI=1S/C51H67N19O8/c1-68(24-8-4-6-22-56-38(71)20-18-36(48(75)76)62-46(73)30-10-14-34(15-11-30)69(2)28-32-26-58-44-40(60-32)42(52)64-50(54)66-44)25-9-5-7-23-57-39(72)21-19-37(49(77)78)63-47(74)31-12-16-35(17-13-31)70(3)29-33-27-59-45-41(61-33)43(53)65-51(55)67-45/h10-17,26-27,36-37H,4-9,18-25,28-29H2,1-3H3,(H,56,71)(H,57,72)(H,62,73)(H,63,74)(H,75,76)(H,77,78)(H4,52,54,58,64,66)(H4,53,55,59,65,67)/t36-,37-/m0/s1. The number of hydrogen-bond acceptors (Lipinski definition) is 21. The van der Waals surface area contributed by atoms with Crippen LogP contribution in [0.4, 0.5) is 34.9 Å². The third-order valence-corrected chi connectivity index (χ3v) is 12.5. The van der Waals surface area contributed by atoms with Gasteiger partial charge in [-0.1, -0.05) is 12.8 Å². The zero-order valence-electron chi connectivity index (χ0n) is 43.8. The largest absolute Gasteiger partial charge is 0.480 e. The molecule has 6 aromatic rings. The van der Waals surface area contributed by atoms with Crippen molar-refractivity contribution >= 4 is 92.8 Å². The van der Waals surface area contributed by atoms with Gasteiger partial charge in [-0.25, -0.2) is 29.5 Å². The maximum Gasteiger partial charge on any atom is 0.326 e. The van der Waals surface area contributed by atoms with Crippen molar-refractivity contribution in [3.05, 3.63) is 83.4 Å². The smallest absolute Gasteiger partial charge is 0.326 e. The van der Waals surface area contributed by atoms with Crippen LogP contribution in [0, 0.1) is 0 Å². The number of nitrogen functional groups attached to an aromatic ring is 4. The molecule has 0 aliphatic carbocycles. The first-order valence-corrected chi connectivity index (χ1v) is 25.3. The predicted octanol–water partition coefficient (Wildman–Crippen LogP) is 1.89. The first-order chi connectivity index (χ1) is 37.3. The van der Waals surface area contributed by atoms with Gasteiger partial charge in [0.15, 0.2) is 34.0 Å². The Labute approximate surface area is 449 Å². The lowest BCUT2D eigenvalue weighted by Crippen LogP contribution is -2.41. The maximum atomic E-state index is 13.0. The summed E-state index contributed by atoms with van der Waals surface area (Å²) in [5, 5.41) is 30.3. The molecule has 78 heavy (non-hydrogen) atoms. The molecule has 0 aliphatic rings. The fraction of sp³-hybridized carbons (Fsp3) is 0.412. The minimum absolute atomic E-state index is 0.00296. The molecular formula is C51H67N19O8. The van der Waals surface area contributed by atoms with Gasteiger partial charge in [0.25, 0.3) is 11.8 Å². The zero-order chi connectivity index (χ0) is 56.3. The van der Waals surface area contributed by atoms with Gasteiger partial charge in [-0.05, 0) is 107 Å². The number of nitrogens with one attached hydrogen (secondary N) is 4. The molecule has 4 aromatic heterocycles. The average Bonchev–Trinajstić information content (AvgIpc) is 3.41. The summed E-state index contributed by atoms with van der Waals surface area (Å²) in [4.78, 5) is 115. The third kappa shape index (κ3) is 17.5. The van der Waals surface area contributed by atoms with Crippen LogP contribution in [0.25, 0.3) is 22.3 Å².